The van der Waals surface area contributed by atoms with Crippen molar-refractivity contribution >= 4 is 10.0 Å². The van der Waals surface area contributed by atoms with Gasteiger partial charge in [-0.1, -0.05) is 25.8 Å². The van der Waals surface area contributed by atoms with Gasteiger partial charge < -0.3 is 0 Å². The first-order valence-electron chi connectivity index (χ1n) is 6.53. The summed E-state index contributed by atoms with van der Waals surface area (Å²) < 4.78 is 26.9. The van der Waals surface area contributed by atoms with Crippen molar-refractivity contribution in [1.29, 1.82) is 5.26 Å². The van der Waals surface area contributed by atoms with E-state index in [0.29, 0.717) is 23.9 Å². The Hall–Kier alpha value is -1.38. The van der Waals surface area contributed by atoms with Crippen LogP contribution in [0.2, 0.25) is 0 Å². The summed E-state index contributed by atoms with van der Waals surface area (Å²) in [4.78, 5) is 0.164. The van der Waals surface area contributed by atoms with Gasteiger partial charge in [-0.2, -0.15) is 5.26 Å². The summed E-state index contributed by atoms with van der Waals surface area (Å²) in [6.45, 7) is 2.66. The number of rotatable bonds is 4. The maximum Gasteiger partial charge on any atom is 0.240 e. The topological polar surface area (TPSA) is 70.0 Å². The first-order chi connectivity index (χ1) is 9.03. The Labute approximate surface area is 114 Å². The molecule has 2 rings (SSSR count). The summed E-state index contributed by atoms with van der Waals surface area (Å²) in [7, 11) is -3.50. The van der Waals surface area contributed by atoms with Gasteiger partial charge in [0, 0.05) is 6.54 Å². The van der Waals surface area contributed by atoms with E-state index in [2.05, 4.69) is 11.6 Å². The fourth-order valence-corrected chi connectivity index (χ4v) is 3.70. The lowest BCUT2D eigenvalue weighted by molar-refractivity contribution is 0.414. The molecule has 0 saturated heterocycles. The molecule has 19 heavy (non-hydrogen) atoms. The third kappa shape index (κ3) is 3.34. The van der Waals surface area contributed by atoms with E-state index in [0.717, 1.165) is 6.42 Å². The van der Waals surface area contributed by atoms with E-state index < -0.39 is 10.0 Å². The van der Waals surface area contributed by atoms with Crippen molar-refractivity contribution in [2.45, 2.75) is 31.1 Å². The molecular formula is C14H18N2O2S. The van der Waals surface area contributed by atoms with Gasteiger partial charge in [0.1, 0.15) is 0 Å². The van der Waals surface area contributed by atoms with Crippen molar-refractivity contribution in [3.05, 3.63) is 29.8 Å². The maximum absolute atomic E-state index is 12.1. The zero-order valence-corrected chi connectivity index (χ0v) is 11.8. The van der Waals surface area contributed by atoms with Crippen LogP contribution in [-0.4, -0.2) is 15.0 Å². The largest absolute Gasteiger partial charge is 0.240 e. The highest BCUT2D eigenvalue weighted by Crippen LogP contribution is 2.30. The van der Waals surface area contributed by atoms with E-state index in [1.54, 1.807) is 12.1 Å². The standard InChI is InChI=1S/C14H18N2O2S/c1-11-4-2-6-13(11)10-16-19(17,18)14-7-3-5-12(8-14)9-15/h3,5,7-8,11,13,16H,2,4,6,10H2,1H3. The van der Waals surface area contributed by atoms with E-state index in [1.165, 1.54) is 25.0 Å². The molecule has 1 N–H and O–H groups in total. The lowest BCUT2D eigenvalue weighted by Gasteiger charge is -2.16. The maximum atomic E-state index is 12.1. The molecular weight excluding hydrogens is 260 g/mol. The molecule has 0 aromatic heterocycles. The summed E-state index contributed by atoms with van der Waals surface area (Å²) in [5.41, 5.74) is 0.358. The van der Waals surface area contributed by atoms with Gasteiger partial charge in [-0.05, 0) is 36.5 Å². The van der Waals surface area contributed by atoms with Crippen molar-refractivity contribution in [2.75, 3.05) is 6.54 Å². The van der Waals surface area contributed by atoms with E-state index in [1.807, 2.05) is 6.07 Å². The number of hydrogen-bond acceptors (Lipinski definition) is 3. The molecule has 0 bridgehead atoms. The van der Waals surface area contributed by atoms with Crippen LogP contribution in [0, 0.1) is 23.2 Å². The molecule has 1 aliphatic rings. The highest BCUT2D eigenvalue weighted by atomic mass is 32.2. The highest BCUT2D eigenvalue weighted by molar-refractivity contribution is 7.89. The van der Waals surface area contributed by atoms with E-state index >= 15 is 0 Å². The third-order valence-electron chi connectivity index (χ3n) is 3.85. The highest BCUT2D eigenvalue weighted by Gasteiger charge is 2.25. The smallest absolute Gasteiger partial charge is 0.211 e. The van der Waals surface area contributed by atoms with Gasteiger partial charge in [0.25, 0.3) is 0 Å². The first-order valence-corrected chi connectivity index (χ1v) is 8.01. The number of sulfonamides is 1. The fraction of sp³-hybridized carbons (Fsp3) is 0.500. The van der Waals surface area contributed by atoms with Crippen LogP contribution in [-0.2, 0) is 10.0 Å². The molecule has 1 aliphatic carbocycles. The number of nitriles is 1. The number of benzene rings is 1. The second kappa shape index (κ2) is 5.72. The van der Waals surface area contributed by atoms with Gasteiger partial charge in [-0.25, -0.2) is 13.1 Å². The molecule has 102 valence electrons. The van der Waals surface area contributed by atoms with Gasteiger partial charge >= 0.3 is 0 Å². The van der Waals surface area contributed by atoms with Crippen LogP contribution in [0.5, 0.6) is 0 Å². The quantitative estimate of drug-likeness (QED) is 0.918. The summed E-state index contributed by atoms with van der Waals surface area (Å²) >= 11 is 0. The third-order valence-corrected chi connectivity index (χ3v) is 5.27. The zero-order chi connectivity index (χ0) is 13.9. The minimum atomic E-state index is -3.50. The fourth-order valence-electron chi connectivity index (χ4n) is 2.56. The normalized spacial score (nSPS) is 23.2. The van der Waals surface area contributed by atoms with Crippen molar-refractivity contribution in [1.82, 2.24) is 4.72 Å². The van der Waals surface area contributed by atoms with Gasteiger partial charge in [-0.3, -0.25) is 0 Å². The summed E-state index contributed by atoms with van der Waals surface area (Å²) in [5, 5.41) is 8.80. The van der Waals surface area contributed by atoms with Crippen LogP contribution in [0.15, 0.2) is 29.2 Å². The van der Waals surface area contributed by atoms with Crippen LogP contribution in [0.4, 0.5) is 0 Å². The van der Waals surface area contributed by atoms with Gasteiger partial charge in [0.2, 0.25) is 10.0 Å². The van der Waals surface area contributed by atoms with E-state index in [4.69, 9.17) is 5.26 Å². The second-order valence-electron chi connectivity index (χ2n) is 5.16. The molecule has 1 aromatic carbocycles. The van der Waals surface area contributed by atoms with Crippen molar-refractivity contribution < 1.29 is 8.42 Å². The summed E-state index contributed by atoms with van der Waals surface area (Å²) in [6, 6.07) is 8.05. The van der Waals surface area contributed by atoms with Gasteiger partial charge in [0.05, 0.1) is 16.5 Å². The summed E-state index contributed by atoms with van der Waals surface area (Å²) in [5.74, 6) is 1.00. The molecule has 0 radical (unpaired) electrons. The van der Waals surface area contributed by atoms with Crippen molar-refractivity contribution in [2.24, 2.45) is 11.8 Å². The van der Waals surface area contributed by atoms with Gasteiger partial charge in [0.15, 0.2) is 0 Å². The Morgan fingerprint density at radius 3 is 2.84 bits per heavy atom. The molecule has 0 heterocycles. The van der Waals surface area contributed by atoms with E-state index in [-0.39, 0.29) is 4.90 Å². The van der Waals surface area contributed by atoms with Crippen molar-refractivity contribution in [3.8, 4) is 6.07 Å². The molecule has 0 spiro atoms. The van der Waals surface area contributed by atoms with E-state index in [9.17, 15) is 8.42 Å². The molecule has 4 nitrogen and oxygen atoms in total. The van der Waals surface area contributed by atoms with Crippen LogP contribution < -0.4 is 4.72 Å². The Morgan fingerprint density at radius 2 is 2.21 bits per heavy atom. The number of nitrogens with one attached hydrogen (secondary N) is 1. The van der Waals surface area contributed by atoms with Crippen LogP contribution in [0.25, 0.3) is 0 Å². The Balaban J connectivity index is 2.07. The number of nitrogens with zero attached hydrogens (tertiary/aromatic N) is 1. The van der Waals surface area contributed by atoms with Crippen LogP contribution >= 0.6 is 0 Å². The number of hydrogen-bond donors (Lipinski definition) is 1. The lowest BCUT2D eigenvalue weighted by atomic mass is 9.99. The predicted molar refractivity (Wildman–Crippen MR) is 72.9 cm³/mol. The first kappa shape index (κ1) is 14.0. The minimum Gasteiger partial charge on any atom is -0.211 e. The van der Waals surface area contributed by atoms with Crippen molar-refractivity contribution in [3.63, 3.8) is 0 Å². The Kier molecular flexibility index (Phi) is 4.23. The lowest BCUT2D eigenvalue weighted by Crippen LogP contribution is -2.30. The molecule has 5 heteroatoms. The molecule has 1 saturated carbocycles. The monoisotopic (exact) mass is 278 g/mol. The molecule has 2 unspecified atom stereocenters. The predicted octanol–water partition coefficient (Wildman–Crippen LogP) is 2.27. The van der Waals surface area contributed by atoms with Crippen LogP contribution in [0.1, 0.15) is 31.7 Å². The average molecular weight is 278 g/mol. The molecule has 0 aliphatic heterocycles. The van der Waals surface area contributed by atoms with Gasteiger partial charge in [-0.15, -0.1) is 0 Å². The Morgan fingerprint density at radius 1 is 1.42 bits per heavy atom. The molecule has 0 amide bonds. The molecule has 1 aromatic rings. The SMILES string of the molecule is CC1CCCC1CNS(=O)(=O)c1cccc(C#N)c1. The zero-order valence-electron chi connectivity index (χ0n) is 11.0. The summed E-state index contributed by atoms with van der Waals surface area (Å²) in [6.07, 6.45) is 3.44. The second-order valence-corrected chi connectivity index (χ2v) is 6.93. The average Bonchev–Trinajstić information content (AvgIpc) is 2.82. The minimum absolute atomic E-state index is 0.164. The molecule has 1 fully saturated rings. The Bertz CT molecular complexity index is 590. The molecule has 2 atom stereocenters. The van der Waals surface area contributed by atoms with Crippen LogP contribution in [0.3, 0.4) is 0 Å².